The number of carboxylic acid groups (broad SMARTS) is 1. The molecule has 0 saturated heterocycles. The molecule has 4 fully saturated rings. The monoisotopic (exact) mass is 701 g/mol. The van der Waals surface area contributed by atoms with Crippen molar-refractivity contribution in [2.24, 2.45) is 51.8 Å². The first-order valence-corrected chi connectivity index (χ1v) is 18.5. The van der Waals surface area contributed by atoms with Crippen molar-refractivity contribution in [3.8, 4) is 11.5 Å². The fourth-order valence-corrected chi connectivity index (χ4v) is 10.6. The van der Waals surface area contributed by atoms with Gasteiger partial charge in [-0.05, 0) is 136 Å². The molecule has 11 heteroatoms. The van der Waals surface area contributed by atoms with Gasteiger partial charge in [0.2, 0.25) is 12.7 Å². The number of hydrogen-bond acceptors (Lipinski definition) is 9. The quantitative estimate of drug-likeness (QED) is 0.138. The SMILES string of the molecule is C[C@H](CCC(=O)NC(Cc1ccc(OCOC(=O)C(C)(C)C)c(O)c1)C(=O)O)C1CCC2C3C(O)CC4C[C@H](O)CC[C@]4(C)C3C[C@H](O)[C@@]21C. The van der Waals surface area contributed by atoms with Crippen LogP contribution in [0.1, 0.15) is 105 Å². The zero-order valence-corrected chi connectivity index (χ0v) is 30.6. The number of aliphatic hydroxyl groups is 3. The van der Waals surface area contributed by atoms with E-state index in [1.807, 2.05) is 0 Å². The zero-order valence-electron chi connectivity index (χ0n) is 30.6. The summed E-state index contributed by atoms with van der Waals surface area (Å²) in [5, 5.41) is 56.7. The minimum Gasteiger partial charge on any atom is -0.504 e. The highest BCUT2D eigenvalue weighted by Gasteiger charge is 2.65. The number of carbonyl (C=O) groups excluding carboxylic acids is 2. The van der Waals surface area contributed by atoms with Gasteiger partial charge >= 0.3 is 11.9 Å². The predicted octanol–water partition coefficient (Wildman–Crippen LogP) is 4.81. The van der Waals surface area contributed by atoms with Crippen molar-refractivity contribution < 1.29 is 49.4 Å². The van der Waals surface area contributed by atoms with Gasteiger partial charge in [-0.1, -0.05) is 26.8 Å². The lowest BCUT2D eigenvalue weighted by Crippen LogP contribution is -2.62. The average molecular weight is 702 g/mol. The van der Waals surface area contributed by atoms with E-state index in [1.165, 1.54) is 12.1 Å². The smallest absolute Gasteiger partial charge is 0.326 e. The number of amides is 1. The fourth-order valence-electron chi connectivity index (χ4n) is 10.6. The van der Waals surface area contributed by atoms with E-state index in [-0.39, 0.29) is 89.5 Å². The van der Waals surface area contributed by atoms with E-state index in [1.54, 1.807) is 26.8 Å². The van der Waals surface area contributed by atoms with Crippen LogP contribution in [-0.4, -0.2) is 74.5 Å². The summed E-state index contributed by atoms with van der Waals surface area (Å²) in [5.74, 6) is -1.15. The molecule has 1 aromatic rings. The van der Waals surface area contributed by atoms with E-state index in [4.69, 9.17) is 9.47 Å². The molecule has 4 aliphatic carbocycles. The van der Waals surface area contributed by atoms with E-state index >= 15 is 0 Å². The van der Waals surface area contributed by atoms with Crippen LogP contribution in [0.15, 0.2) is 18.2 Å². The molecule has 0 aromatic heterocycles. The molecule has 6 N–H and O–H groups in total. The number of ether oxygens (including phenoxy) is 2. The molecule has 0 heterocycles. The highest BCUT2D eigenvalue weighted by atomic mass is 16.7. The average Bonchev–Trinajstić information content (AvgIpc) is 3.39. The van der Waals surface area contributed by atoms with Gasteiger partial charge in [-0.3, -0.25) is 9.59 Å². The molecule has 7 unspecified atom stereocenters. The lowest BCUT2D eigenvalue weighted by molar-refractivity contribution is -0.207. The van der Waals surface area contributed by atoms with E-state index in [0.29, 0.717) is 24.8 Å². The Hall–Kier alpha value is -2.89. The van der Waals surface area contributed by atoms with Crippen molar-refractivity contribution in [3.05, 3.63) is 23.8 Å². The van der Waals surface area contributed by atoms with Crippen LogP contribution in [0.25, 0.3) is 0 Å². The number of carbonyl (C=O) groups is 3. The molecule has 0 spiro atoms. The third-order valence-corrected chi connectivity index (χ3v) is 13.5. The summed E-state index contributed by atoms with van der Waals surface area (Å²) in [7, 11) is 0. The number of benzene rings is 1. The molecule has 11 nitrogen and oxygen atoms in total. The number of rotatable bonds is 11. The fraction of sp³-hybridized carbons (Fsp3) is 0.769. The Labute approximate surface area is 296 Å². The summed E-state index contributed by atoms with van der Waals surface area (Å²) < 4.78 is 10.4. The van der Waals surface area contributed by atoms with Crippen molar-refractivity contribution in [1.82, 2.24) is 5.32 Å². The number of carboxylic acids is 1. The summed E-state index contributed by atoms with van der Waals surface area (Å²) in [4.78, 5) is 37.1. The van der Waals surface area contributed by atoms with Crippen molar-refractivity contribution in [1.29, 1.82) is 0 Å². The van der Waals surface area contributed by atoms with Crippen LogP contribution < -0.4 is 10.1 Å². The largest absolute Gasteiger partial charge is 0.504 e. The van der Waals surface area contributed by atoms with Gasteiger partial charge in [0.05, 0.1) is 23.7 Å². The number of nitrogens with one attached hydrogen (secondary N) is 1. The second-order valence-corrected chi connectivity index (χ2v) is 17.5. The third kappa shape index (κ3) is 7.51. The lowest BCUT2D eigenvalue weighted by atomic mass is 9.43. The molecule has 1 amide bonds. The van der Waals surface area contributed by atoms with Gasteiger partial charge in [-0.2, -0.15) is 0 Å². The molecule has 0 aliphatic heterocycles. The normalized spacial score (nSPS) is 36.3. The number of aliphatic hydroxyl groups excluding tert-OH is 3. The Morgan fingerprint density at radius 2 is 1.74 bits per heavy atom. The predicted molar refractivity (Wildman–Crippen MR) is 185 cm³/mol. The van der Waals surface area contributed by atoms with Gasteiger partial charge in [0.25, 0.3) is 0 Å². The van der Waals surface area contributed by atoms with Crippen LogP contribution in [0.3, 0.4) is 0 Å². The number of phenols is 1. The summed E-state index contributed by atoms with van der Waals surface area (Å²) in [6.07, 6.45) is 4.96. The van der Waals surface area contributed by atoms with Crippen LogP contribution in [0, 0.1) is 51.8 Å². The summed E-state index contributed by atoms with van der Waals surface area (Å²) in [5.41, 5.74) is -0.602. The minimum atomic E-state index is -1.21. The highest BCUT2D eigenvalue weighted by molar-refractivity contribution is 5.83. The summed E-state index contributed by atoms with van der Waals surface area (Å²) >= 11 is 0. The molecule has 4 aliphatic rings. The van der Waals surface area contributed by atoms with E-state index in [2.05, 4.69) is 26.1 Å². The molecule has 1 aromatic carbocycles. The molecule has 0 bridgehead atoms. The first-order valence-electron chi connectivity index (χ1n) is 18.5. The second-order valence-electron chi connectivity index (χ2n) is 17.5. The zero-order chi connectivity index (χ0) is 36.8. The van der Waals surface area contributed by atoms with Crippen molar-refractivity contribution in [2.75, 3.05) is 6.79 Å². The minimum absolute atomic E-state index is 0.00494. The molecule has 5 rings (SSSR count). The van der Waals surface area contributed by atoms with E-state index < -0.39 is 35.6 Å². The van der Waals surface area contributed by atoms with Crippen molar-refractivity contribution in [2.45, 2.75) is 130 Å². The van der Waals surface area contributed by atoms with Crippen LogP contribution in [0.4, 0.5) is 0 Å². The Morgan fingerprint density at radius 1 is 1.02 bits per heavy atom. The maximum atomic E-state index is 13.1. The van der Waals surface area contributed by atoms with Gasteiger partial charge in [-0.25, -0.2) is 4.79 Å². The third-order valence-electron chi connectivity index (χ3n) is 13.5. The number of aromatic hydroxyl groups is 1. The van der Waals surface area contributed by atoms with Crippen LogP contribution in [0.2, 0.25) is 0 Å². The Morgan fingerprint density at radius 3 is 2.40 bits per heavy atom. The Bertz CT molecular complexity index is 1410. The maximum Gasteiger partial charge on any atom is 0.326 e. The first-order chi connectivity index (χ1) is 23.4. The Balaban J connectivity index is 1.16. The van der Waals surface area contributed by atoms with Crippen LogP contribution in [0.5, 0.6) is 11.5 Å². The molecule has 4 saturated carbocycles. The van der Waals surface area contributed by atoms with Crippen LogP contribution in [-0.2, 0) is 25.5 Å². The number of phenolic OH excluding ortho intramolecular Hbond substituents is 1. The maximum absolute atomic E-state index is 13.1. The van der Waals surface area contributed by atoms with Crippen molar-refractivity contribution >= 4 is 17.8 Å². The number of fused-ring (bicyclic) bond motifs is 5. The van der Waals surface area contributed by atoms with Gasteiger partial charge < -0.3 is 40.3 Å². The molecule has 12 atom stereocenters. The topological polar surface area (TPSA) is 183 Å². The molecular weight excluding hydrogens is 642 g/mol. The van der Waals surface area contributed by atoms with E-state index in [0.717, 1.165) is 32.1 Å². The second kappa shape index (κ2) is 14.6. The number of esters is 1. The molecular formula is C39H59NO10. The molecule has 0 radical (unpaired) electrons. The standard InChI is InChI=1S/C39H59NO10/c1-21(25-9-10-26-34-27(19-32(44)39(25,26)6)38(5)14-13-24(41)17-23(38)18-30(34)43)7-12-33(45)40-28(35(46)47)15-22-8-11-31(29(42)16-22)49-20-50-36(48)37(2,3)4/h8,11,16,21,23-28,30,32,34,41-44H,7,9-10,12-15,17-20H2,1-6H3,(H,40,45)(H,46,47)/t21-,23?,24-,25?,26?,27?,28?,30?,32+,34?,38+,39-/m1/s1. The van der Waals surface area contributed by atoms with Gasteiger partial charge in [0.1, 0.15) is 6.04 Å². The van der Waals surface area contributed by atoms with Crippen molar-refractivity contribution in [3.63, 3.8) is 0 Å². The lowest BCUT2D eigenvalue weighted by Gasteiger charge is -2.63. The number of aliphatic carboxylic acids is 1. The summed E-state index contributed by atoms with van der Waals surface area (Å²) in [6, 6.07) is 3.20. The van der Waals surface area contributed by atoms with Gasteiger partial charge in [0, 0.05) is 12.8 Å². The summed E-state index contributed by atoms with van der Waals surface area (Å²) in [6.45, 7) is 11.4. The van der Waals surface area contributed by atoms with Gasteiger partial charge in [-0.15, -0.1) is 0 Å². The van der Waals surface area contributed by atoms with Gasteiger partial charge in [0.15, 0.2) is 11.5 Å². The van der Waals surface area contributed by atoms with Crippen LogP contribution >= 0.6 is 0 Å². The van der Waals surface area contributed by atoms with E-state index in [9.17, 15) is 39.9 Å². The Kier molecular flexibility index (Phi) is 11.2. The molecule has 50 heavy (non-hydrogen) atoms. The molecule has 280 valence electrons. The highest BCUT2D eigenvalue weighted by Crippen LogP contribution is 2.68. The first kappa shape index (κ1) is 38.3. The number of hydrogen-bond donors (Lipinski definition) is 6.